The van der Waals surface area contributed by atoms with E-state index in [2.05, 4.69) is 20.4 Å². The van der Waals surface area contributed by atoms with Gasteiger partial charge in [0.1, 0.15) is 0 Å². The van der Waals surface area contributed by atoms with E-state index in [-0.39, 0.29) is 0 Å². The minimum Gasteiger partial charge on any atom is -0.512 e. The van der Waals surface area contributed by atoms with Crippen molar-refractivity contribution in [3.05, 3.63) is 23.5 Å². The van der Waals surface area contributed by atoms with Crippen LogP contribution in [0.25, 0.3) is 0 Å². The van der Waals surface area contributed by atoms with E-state index in [4.69, 9.17) is 0 Å². The second-order valence-corrected chi connectivity index (χ2v) is 3.12. The molecule has 0 amide bonds. The summed E-state index contributed by atoms with van der Waals surface area (Å²) in [5.41, 5.74) is 2.20. The van der Waals surface area contributed by atoms with Gasteiger partial charge >= 0.3 is 0 Å². The summed E-state index contributed by atoms with van der Waals surface area (Å²) >= 11 is 0. The lowest BCUT2D eigenvalue weighted by atomic mass is 9.99. The first-order chi connectivity index (χ1) is 4.63. The van der Waals surface area contributed by atoms with Crippen LogP contribution in [0.1, 0.15) is 26.7 Å². The quantitative estimate of drug-likeness (QED) is 0.590. The topological polar surface area (TPSA) is 20.2 Å². The molecule has 0 atom stereocenters. The molecule has 56 valence electrons. The number of hydrogen-bond acceptors (Lipinski definition) is 1. The van der Waals surface area contributed by atoms with Crippen LogP contribution in [0.3, 0.4) is 0 Å². The van der Waals surface area contributed by atoms with Gasteiger partial charge in [0.2, 0.25) is 0 Å². The van der Waals surface area contributed by atoms with Crippen LogP contribution in [0.5, 0.6) is 0 Å². The lowest BCUT2D eigenvalue weighted by Crippen LogP contribution is -1.94. The molecule has 1 aliphatic rings. The molecule has 1 heteroatoms. The molecule has 0 aliphatic heterocycles. The van der Waals surface area contributed by atoms with E-state index < -0.39 is 0 Å². The average Bonchev–Trinajstić information content (AvgIpc) is 2.11. The van der Waals surface area contributed by atoms with Crippen molar-refractivity contribution in [1.82, 2.24) is 0 Å². The molecular formula is C9H14O. The van der Waals surface area contributed by atoms with E-state index in [0.717, 1.165) is 24.0 Å². The van der Waals surface area contributed by atoms with Crippen LogP contribution in [0.2, 0.25) is 0 Å². The maximum Gasteiger partial charge on any atom is 0.0962 e. The SMILES string of the molecule is C=C1CCC(O)=C1C(C)C. The second-order valence-electron chi connectivity index (χ2n) is 3.12. The van der Waals surface area contributed by atoms with Gasteiger partial charge in [-0.15, -0.1) is 0 Å². The molecule has 1 N–H and O–H groups in total. The average molecular weight is 138 g/mol. The van der Waals surface area contributed by atoms with Crippen molar-refractivity contribution in [2.45, 2.75) is 26.7 Å². The maximum absolute atomic E-state index is 9.35. The van der Waals surface area contributed by atoms with Crippen LogP contribution < -0.4 is 0 Å². The van der Waals surface area contributed by atoms with Gasteiger partial charge in [-0.25, -0.2) is 0 Å². The molecule has 0 saturated heterocycles. The van der Waals surface area contributed by atoms with Gasteiger partial charge in [-0.2, -0.15) is 0 Å². The molecule has 0 radical (unpaired) electrons. The third-order valence-corrected chi connectivity index (χ3v) is 1.93. The summed E-state index contributed by atoms with van der Waals surface area (Å²) in [4.78, 5) is 0. The highest BCUT2D eigenvalue weighted by molar-refractivity contribution is 5.37. The fourth-order valence-electron chi connectivity index (χ4n) is 1.48. The summed E-state index contributed by atoms with van der Waals surface area (Å²) in [6.45, 7) is 8.06. The van der Waals surface area contributed by atoms with E-state index in [1.165, 1.54) is 0 Å². The number of allylic oxidation sites excluding steroid dienone is 3. The molecule has 0 aromatic heterocycles. The highest BCUT2D eigenvalue weighted by atomic mass is 16.3. The Kier molecular flexibility index (Phi) is 1.84. The predicted octanol–water partition coefficient (Wildman–Crippen LogP) is 2.80. The zero-order chi connectivity index (χ0) is 7.72. The fourth-order valence-corrected chi connectivity index (χ4v) is 1.48. The normalized spacial score (nSPS) is 19.3. The number of hydrogen-bond donors (Lipinski definition) is 1. The number of aliphatic hydroxyl groups is 1. The van der Waals surface area contributed by atoms with Gasteiger partial charge in [-0.1, -0.05) is 20.4 Å². The Balaban J connectivity index is 2.88. The number of rotatable bonds is 1. The monoisotopic (exact) mass is 138 g/mol. The molecule has 0 aromatic rings. The van der Waals surface area contributed by atoms with Gasteiger partial charge < -0.3 is 5.11 Å². The van der Waals surface area contributed by atoms with Crippen molar-refractivity contribution in [3.63, 3.8) is 0 Å². The largest absolute Gasteiger partial charge is 0.512 e. The minimum absolute atomic E-state index is 0.426. The Bertz CT molecular complexity index is 187. The highest BCUT2D eigenvalue weighted by Crippen LogP contribution is 2.33. The Morgan fingerprint density at radius 2 is 2.00 bits per heavy atom. The molecule has 1 nitrogen and oxygen atoms in total. The van der Waals surface area contributed by atoms with Gasteiger partial charge in [0.25, 0.3) is 0 Å². The highest BCUT2D eigenvalue weighted by Gasteiger charge is 2.19. The molecule has 0 fully saturated rings. The summed E-state index contributed by atoms with van der Waals surface area (Å²) < 4.78 is 0. The fraction of sp³-hybridized carbons (Fsp3) is 0.556. The van der Waals surface area contributed by atoms with Crippen LogP contribution in [0.4, 0.5) is 0 Å². The van der Waals surface area contributed by atoms with Crippen LogP contribution in [0, 0.1) is 5.92 Å². The lowest BCUT2D eigenvalue weighted by Gasteiger charge is -2.07. The predicted molar refractivity (Wildman–Crippen MR) is 42.9 cm³/mol. The van der Waals surface area contributed by atoms with E-state index >= 15 is 0 Å². The molecule has 0 aromatic carbocycles. The summed E-state index contributed by atoms with van der Waals surface area (Å²) in [6.07, 6.45) is 1.74. The molecule has 0 bridgehead atoms. The Morgan fingerprint density at radius 1 is 1.40 bits per heavy atom. The second kappa shape index (κ2) is 2.49. The van der Waals surface area contributed by atoms with Crippen LogP contribution in [0.15, 0.2) is 23.5 Å². The number of aliphatic hydroxyl groups excluding tert-OH is 1. The third kappa shape index (κ3) is 1.08. The van der Waals surface area contributed by atoms with E-state index in [0.29, 0.717) is 11.7 Å². The van der Waals surface area contributed by atoms with Crippen molar-refractivity contribution >= 4 is 0 Å². The first-order valence-corrected chi connectivity index (χ1v) is 3.73. The van der Waals surface area contributed by atoms with Crippen LogP contribution in [-0.2, 0) is 0 Å². The third-order valence-electron chi connectivity index (χ3n) is 1.93. The Hall–Kier alpha value is -0.720. The minimum atomic E-state index is 0.426. The summed E-state index contributed by atoms with van der Waals surface area (Å²) in [5, 5.41) is 9.35. The first-order valence-electron chi connectivity index (χ1n) is 3.73. The molecular weight excluding hydrogens is 124 g/mol. The van der Waals surface area contributed by atoms with E-state index in [1.54, 1.807) is 0 Å². The lowest BCUT2D eigenvalue weighted by molar-refractivity contribution is 0.388. The molecule has 1 rings (SSSR count). The summed E-state index contributed by atoms with van der Waals surface area (Å²) in [5.74, 6) is 0.981. The summed E-state index contributed by atoms with van der Waals surface area (Å²) in [7, 11) is 0. The van der Waals surface area contributed by atoms with Crippen molar-refractivity contribution in [2.24, 2.45) is 5.92 Å². The van der Waals surface area contributed by atoms with Crippen molar-refractivity contribution in [2.75, 3.05) is 0 Å². The van der Waals surface area contributed by atoms with Crippen molar-refractivity contribution in [3.8, 4) is 0 Å². The van der Waals surface area contributed by atoms with E-state index in [1.807, 2.05) is 0 Å². The van der Waals surface area contributed by atoms with Gasteiger partial charge in [0.15, 0.2) is 0 Å². The molecule has 0 saturated carbocycles. The molecule has 1 aliphatic carbocycles. The smallest absolute Gasteiger partial charge is 0.0962 e. The van der Waals surface area contributed by atoms with Crippen molar-refractivity contribution in [1.29, 1.82) is 0 Å². The Morgan fingerprint density at radius 3 is 2.20 bits per heavy atom. The van der Waals surface area contributed by atoms with Gasteiger partial charge in [0.05, 0.1) is 5.76 Å². The standard InChI is InChI=1S/C9H14O/c1-6(2)9-7(3)4-5-8(9)10/h6,10H,3-5H2,1-2H3. The zero-order valence-electron chi connectivity index (χ0n) is 6.65. The van der Waals surface area contributed by atoms with Crippen LogP contribution >= 0.6 is 0 Å². The van der Waals surface area contributed by atoms with Crippen molar-refractivity contribution < 1.29 is 5.11 Å². The van der Waals surface area contributed by atoms with Gasteiger partial charge in [0, 0.05) is 6.42 Å². The first kappa shape index (κ1) is 7.39. The van der Waals surface area contributed by atoms with Gasteiger partial charge in [-0.05, 0) is 23.5 Å². The maximum atomic E-state index is 9.35. The van der Waals surface area contributed by atoms with Crippen LogP contribution in [-0.4, -0.2) is 5.11 Å². The zero-order valence-corrected chi connectivity index (χ0v) is 6.65. The molecule has 0 spiro atoms. The molecule has 0 heterocycles. The molecule has 0 unspecified atom stereocenters. The van der Waals surface area contributed by atoms with E-state index in [9.17, 15) is 5.11 Å². The summed E-state index contributed by atoms with van der Waals surface area (Å²) in [6, 6.07) is 0. The van der Waals surface area contributed by atoms with Gasteiger partial charge in [-0.3, -0.25) is 0 Å². The molecule has 10 heavy (non-hydrogen) atoms. The Labute approximate surface area is 62.1 Å².